The molecule has 1 N–H and O–H groups in total. The number of allylic oxidation sites excluding steroid dienone is 3. The predicted octanol–water partition coefficient (Wildman–Crippen LogP) is 4.73. The van der Waals surface area contributed by atoms with Gasteiger partial charge in [0.25, 0.3) is 0 Å². The lowest BCUT2D eigenvalue weighted by Gasteiger charge is -2.37. The molecule has 1 aromatic carbocycles. The molecule has 0 fully saturated rings. The first-order chi connectivity index (χ1) is 14.2. The van der Waals surface area contributed by atoms with E-state index in [9.17, 15) is 14.0 Å². The first kappa shape index (κ1) is 21.2. The number of fused-ring (bicyclic) bond motifs is 1. The van der Waals surface area contributed by atoms with E-state index >= 15 is 0 Å². The minimum absolute atomic E-state index is 0.0829. The van der Waals surface area contributed by atoms with Gasteiger partial charge in [-0.25, -0.2) is 9.37 Å². The van der Waals surface area contributed by atoms with Crippen molar-refractivity contribution in [1.29, 1.82) is 0 Å². The van der Waals surface area contributed by atoms with Gasteiger partial charge in [0.2, 0.25) is 11.8 Å². The molecule has 1 aliphatic rings. The molecule has 0 bridgehead atoms. The van der Waals surface area contributed by atoms with Crippen molar-refractivity contribution in [2.45, 2.75) is 19.8 Å². The van der Waals surface area contributed by atoms with Crippen molar-refractivity contribution in [3.63, 3.8) is 0 Å². The average molecular weight is 406 g/mol. The van der Waals surface area contributed by atoms with Crippen LogP contribution in [-0.2, 0) is 4.79 Å². The molecule has 0 saturated carbocycles. The Labute approximate surface area is 175 Å². The normalized spacial score (nSPS) is 15.7. The molecule has 5 nitrogen and oxygen atoms in total. The monoisotopic (exact) mass is 406 g/mol. The maximum absolute atomic E-state index is 14.3. The van der Waals surface area contributed by atoms with Crippen molar-refractivity contribution in [3.8, 4) is 17.1 Å². The van der Waals surface area contributed by atoms with Gasteiger partial charge < -0.3 is 10.1 Å². The van der Waals surface area contributed by atoms with Crippen molar-refractivity contribution >= 4 is 12.2 Å². The Hall–Kier alpha value is -3.54. The zero-order chi connectivity index (χ0) is 22.1. The van der Waals surface area contributed by atoms with E-state index in [1.165, 1.54) is 6.08 Å². The van der Waals surface area contributed by atoms with E-state index in [0.717, 1.165) is 11.8 Å². The average Bonchev–Trinajstić information content (AvgIpc) is 2.76. The van der Waals surface area contributed by atoms with Crippen molar-refractivity contribution in [2.24, 2.45) is 5.41 Å². The maximum Gasteiger partial charge on any atom is 0.226 e. The highest BCUT2D eigenvalue weighted by atomic mass is 19.1. The largest absolute Gasteiger partial charge is 0.435 e. The molecule has 0 radical (unpaired) electrons. The van der Waals surface area contributed by atoms with Crippen molar-refractivity contribution in [3.05, 3.63) is 83.9 Å². The van der Waals surface area contributed by atoms with Gasteiger partial charge in [0.1, 0.15) is 6.29 Å². The topological polar surface area (TPSA) is 68.3 Å². The van der Waals surface area contributed by atoms with Crippen LogP contribution >= 0.6 is 0 Å². The smallest absolute Gasteiger partial charge is 0.226 e. The predicted molar refractivity (Wildman–Crippen MR) is 114 cm³/mol. The van der Waals surface area contributed by atoms with Gasteiger partial charge in [-0.1, -0.05) is 63.4 Å². The number of rotatable bonds is 6. The fraction of sp³-hybridized carbons (Fsp3) is 0.208. The number of amides is 1. The highest BCUT2D eigenvalue weighted by Crippen LogP contribution is 2.50. The summed E-state index contributed by atoms with van der Waals surface area (Å²) in [6, 6.07) is 10.5. The molecular weight excluding hydrogens is 383 g/mol. The number of aromatic nitrogens is 1. The van der Waals surface area contributed by atoms with Crippen LogP contribution in [0.1, 0.15) is 35.7 Å². The molecule has 154 valence electrons. The summed E-state index contributed by atoms with van der Waals surface area (Å²) in [4.78, 5) is 28.1. The molecule has 30 heavy (non-hydrogen) atoms. The molecule has 0 spiro atoms. The number of benzene rings is 1. The number of pyridine rings is 1. The van der Waals surface area contributed by atoms with Gasteiger partial charge in [-0.2, -0.15) is 0 Å². The van der Waals surface area contributed by atoms with Crippen molar-refractivity contribution in [2.75, 3.05) is 7.05 Å². The molecule has 2 aromatic rings. The Morgan fingerprint density at radius 2 is 1.90 bits per heavy atom. The molecule has 2 heterocycles. The van der Waals surface area contributed by atoms with Crippen molar-refractivity contribution in [1.82, 2.24) is 10.3 Å². The Morgan fingerprint density at radius 1 is 1.23 bits per heavy atom. The molecule has 0 saturated heterocycles. The third-order valence-corrected chi connectivity index (χ3v) is 5.32. The van der Waals surface area contributed by atoms with E-state index in [1.807, 2.05) is 6.07 Å². The summed E-state index contributed by atoms with van der Waals surface area (Å²) >= 11 is 0. The SMILES string of the molecule is C=CC1=C(C(=C)F)Oc2nc(-c3ccc(C=O)cc3)ccc2C1C(C)(C)C(=O)NC. The number of hydrogen-bond donors (Lipinski definition) is 1. The van der Waals surface area contributed by atoms with Crippen molar-refractivity contribution < 1.29 is 18.7 Å². The summed E-state index contributed by atoms with van der Waals surface area (Å²) < 4.78 is 20.1. The first-order valence-corrected chi connectivity index (χ1v) is 9.42. The van der Waals surface area contributed by atoms with E-state index in [0.29, 0.717) is 22.4 Å². The molecule has 1 unspecified atom stereocenters. The molecule has 0 aliphatic carbocycles. The second-order valence-corrected chi connectivity index (χ2v) is 7.56. The van der Waals surface area contributed by atoms with Crippen LogP contribution in [0.4, 0.5) is 4.39 Å². The number of nitrogens with zero attached hydrogens (tertiary/aromatic N) is 1. The van der Waals surface area contributed by atoms with Gasteiger partial charge in [0.05, 0.1) is 11.1 Å². The number of carbonyl (C=O) groups is 2. The fourth-order valence-corrected chi connectivity index (χ4v) is 3.75. The highest BCUT2D eigenvalue weighted by Gasteiger charge is 2.44. The lowest BCUT2D eigenvalue weighted by molar-refractivity contribution is -0.129. The number of nitrogens with one attached hydrogen (secondary N) is 1. The van der Waals surface area contributed by atoms with Crippen LogP contribution in [0.5, 0.6) is 5.88 Å². The van der Waals surface area contributed by atoms with E-state index in [1.54, 1.807) is 51.2 Å². The summed E-state index contributed by atoms with van der Waals surface area (Å²) in [7, 11) is 1.56. The summed E-state index contributed by atoms with van der Waals surface area (Å²) in [5, 5.41) is 2.67. The number of hydrogen-bond acceptors (Lipinski definition) is 4. The molecule has 1 amide bonds. The van der Waals surface area contributed by atoms with Gasteiger partial charge in [-0.15, -0.1) is 0 Å². The fourth-order valence-electron chi connectivity index (χ4n) is 3.75. The van der Waals surface area contributed by atoms with Crippen LogP contribution in [0.15, 0.2) is 72.8 Å². The van der Waals surface area contributed by atoms with Gasteiger partial charge in [0.15, 0.2) is 11.6 Å². The first-order valence-electron chi connectivity index (χ1n) is 9.42. The van der Waals surface area contributed by atoms with E-state index in [2.05, 4.69) is 23.5 Å². The Balaban J connectivity index is 2.19. The molecule has 1 atom stereocenters. The minimum atomic E-state index is -0.938. The Morgan fingerprint density at radius 3 is 2.43 bits per heavy atom. The third kappa shape index (κ3) is 3.56. The summed E-state index contributed by atoms with van der Waals surface area (Å²) in [6.45, 7) is 10.7. The summed E-state index contributed by atoms with van der Waals surface area (Å²) in [5.41, 5.74) is 2.06. The van der Waals surface area contributed by atoms with Gasteiger partial charge in [0, 0.05) is 35.2 Å². The van der Waals surface area contributed by atoms with E-state index in [-0.39, 0.29) is 17.5 Å². The lowest BCUT2D eigenvalue weighted by Crippen LogP contribution is -2.41. The van der Waals surface area contributed by atoms with Gasteiger partial charge in [-0.3, -0.25) is 9.59 Å². The molecule has 3 rings (SSSR count). The van der Waals surface area contributed by atoms with Crippen LogP contribution in [-0.4, -0.2) is 24.2 Å². The zero-order valence-corrected chi connectivity index (χ0v) is 17.2. The van der Waals surface area contributed by atoms with Crippen LogP contribution < -0.4 is 10.1 Å². The van der Waals surface area contributed by atoms with Gasteiger partial charge >= 0.3 is 0 Å². The minimum Gasteiger partial charge on any atom is -0.435 e. The van der Waals surface area contributed by atoms with Crippen LogP contribution in [0.2, 0.25) is 0 Å². The third-order valence-electron chi connectivity index (χ3n) is 5.32. The van der Waals surface area contributed by atoms with Crippen LogP contribution in [0.25, 0.3) is 11.3 Å². The molecule has 1 aliphatic heterocycles. The van der Waals surface area contributed by atoms with Crippen LogP contribution in [0.3, 0.4) is 0 Å². The number of halogens is 1. The van der Waals surface area contributed by atoms with Crippen LogP contribution in [0, 0.1) is 5.41 Å². The molecule has 1 aromatic heterocycles. The zero-order valence-electron chi connectivity index (χ0n) is 17.2. The number of aldehydes is 1. The lowest BCUT2D eigenvalue weighted by atomic mass is 9.69. The maximum atomic E-state index is 14.3. The number of carbonyl (C=O) groups excluding carboxylic acids is 2. The molecular formula is C24H23FN2O3. The number of ether oxygens (including phenoxy) is 1. The second kappa shape index (κ2) is 8.06. The highest BCUT2D eigenvalue weighted by molar-refractivity contribution is 5.84. The van der Waals surface area contributed by atoms with E-state index < -0.39 is 17.2 Å². The molecule has 6 heteroatoms. The standard InChI is InChI=1S/C24H23FN2O3/c1-6-17-20(24(3,4)23(29)26-5)18-11-12-19(16-9-7-15(13-28)8-10-16)27-22(18)30-21(17)14(2)25/h6-13,20H,1-2H2,3-5H3,(H,26,29). The van der Waals surface area contributed by atoms with E-state index in [4.69, 9.17) is 4.74 Å². The second-order valence-electron chi connectivity index (χ2n) is 7.56. The quantitative estimate of drug-likeness (QED) is 0.704. The van der Waals surface area contributed by atoms with Gasteiger partial charge in [-0.05, 0) is 6.07 Å². The summed E-state index contributed by atoms with van der Waals surface area (Å²) in [5.74, 6) is -1.40. The Bertz CT molecular complexity index is 1070. The summed E-state index contributed by atoms with van der Waals surface area (Å²) in [6.07, 6.45) is 2.25. The Kier molecular flexibility index (Phi) is 5.69.